The summed E-state index contributed by atoms with van der Waals surface area (Å²) in [6.07, 6.45) is 1.99. The number of nitrogens with one attached hydrogen (secondary N) is 2. The molecular weight excluding hydrogens is 420 g/mol. The summed E-state index contributed by atoms with van der Waals surface area (Å²) in [5.41, 5.74) is 16.2. The van der Waals surface area contributed by atoms with E-state index in [4.69, 9.17) is 39.8 Å². The minimum Gasteiger partial charge on any atom is -0.759 e. The van der Waals surface area contributed by atoms with Crippen molar-refractivity contribution in [1.82, 2.24) is 9.80 Å². The lowest BCUT2D eigenvalue weighted by Gasteiger charge is -2.28. The van der Waals surface area contributed by atoms with Crippen molar-refractivity contribution < 1.29 is 17.5 Å². The maximum atomic E-state index is 8.52. The molecule has 11 heteroatoms. The van der Waals surface area contributed by atoms with Crippen LogP contribution in [0, 0.1) is 10.8 Å². The van der Waals surface area contributed by atoms with Gasteiger partial charge < -0.3 is 30.4 Å². The van der Waals surface area contributed by atoms with Gasteiger partial charge in [-0.25, -0.2) is 0 Å². The first-order valence-corrected chi connectivity index (χ1v) is 10.9. The van der Waals surface area contributed by atoms with Gasteiger partial charge in [-0.2, -0.15) is 0 Å². The van der Waals surface area contributed by atoms with Gasteiger partial charge in [-0.3, -0.25) is 19.2 Å². The molecule has 2 aliphatic rings. The number of nitrogens with zero attached hydrogens (tertiary/aromatic N) is 2. The van der Waals surface area contributed by atoms with E-state index in [1.165, 1.54) is 22.3 Å². The van der Waals surface area contributed by atoms with Crippen LogP contribution in [0.15, 0.2) is 48.5 Å². The summed E-state index contributed by atoms with van der Waals surface area (Å²) in [4.78, 5) is 3.78. The molecule has 0 unspecified atom stereocenters. The summed E-state index contributed by atoms with van der Waals surface area (Å²) in [6, 6.07) is 16.7. The minimum atomic E-state index is -5.17. The Kier molecular flexibility index (Phi) is 8.37. The molecular formula is C20H26N6O4S-2. The van der Waals surface area contributed by atoms with Crippen molar-refractivity contribution in [3.63, 3.8) is 0 Å². The van der Waals surface area contributed by atoms with E-state index in [0.717, 1.165) is 39.0 Å². The molecule has 0 amide bonds. The Balaban J connectivity index is 0.000000182. The summed E-state index contributed by atoms with van der Waals surface area (Å²) in [5.74, 6) is 0.351. The van der Waals surface area contributed by atoms with Crippen LogP contribution in [-0.2, 0) is 36.3 Å². The zero-order valence-corrected chi connectivity index (χ0v) is 17.8. The van der Waals surface area contributed by atoms with Gasteiger partial charge in [0, 0.05) is 36.6 Å². The van der Waals surface area contributed by atoms with Crippen LogP contribution >= 0.6 is 0 Å². The highest BCUT2D eigenvalue weighted by Gasteiger charge is 2.16. The number of nitrogens with two attached hydrogens (primary N) is 2. The molecule has 0 saturated heterocycles. The van der Waals surface area contributed by atoms with Crippen molar-refractivity contribution in [2.75, 3.05) is 13.1 Å². The second-order valence-corrected chi connectivity index (χ2v) is 7.88. The van der Waals surface area contributed by atoms with Crippen LogP contribution in [-0.4, -0.2) is 52.3 Å². The van der Waals surface area contributed by atoms with E-state index in [1.807, 2.05) is 21.9 Å². The number of hydrogen-bond acceptors (Lipinski definition) is 6. The molecule has 6 N–H and O–H groups in total. The first-order valence-electron chi connectivity index (χ1n) is 9.53. The Morgan fingerprint density at radius 1 is 0.742 bits per heavy atom. The third-order valence-electron chi connectivity index (χ3n) is 4.94. The van der Waals surface area contributed by atoms with Crippen molar-refractivity contribution in [2.45, 2.75) is 25.9 Å². The summed E-state index contributed by atoms with van der Waals surface area (Å²) in [7, 11) is -5.17. The van der Waals surface area contributed by atoms with E-state index in [0.29, 0.717) is 0 Å². The summed E-state index contributed by atoms with van der Waals surface area (Å²) >= 11 is 0. The fraction of sp³-hybridized carbons (Fsp3) is 0.300. The molecule has 2 heterocycles. The molecule has 10 nitrogen and oxygen atoms in total. The molecule has 168 valence electrons. The van der Waals surface area contributed by atoms with Gasteiger partial charge in [0.15, 0.2) is 11.9 Å². The lowest BCUT2D eigenvalue weighted by molar-refractivity contribution is 0.352. The van der Waals surface area contributed by atoms with Gasteiger partial charge in [-0.05, 0) is 35.1 Å². The van der Waals surface area contributed by atoms with Crippen LogP contribution in [0.3, 0.4) is 0 Å². The number of guanidine groups is 2. The van der Waals surface area contributed by atoms with Gasteiger partial charge in [0.2, 0.25) is 0 Å². The maximum Gasteiger partial charge on any atom is 0.188 e. The van der Waals surface area contributed by atoms with Gasteiger partial charge in [0.1, 0.15) is 0 Å². The van der Waals surface area contributed by atoms with Crippen LogP contribution < -0.4 is 11.5 Å². The maximum absolute atomic E-state index is 8.52. The fourth-order valence-electron chi connectivity index (χ4n) is 3.40. The first kappa shape index (κ1) is 24.1. The van der Waals surface area contributed by atoms with E-state index in [1.54, 1.807) is 0 Å². The lowest BCUT2D eigenvalue weighted by Crippen LogP contribution is -2.39. The average molecular weight is 447 g/mol. The molecule has 0 fully saturated rings. The van der Waals surface area contributed by atoms with Crippen LogP contribution in [0.25, 0.3) is 0 Å². The Labute approximate surface area is 182 Å². The monoisotopic (exact) mass is 446 g/mol. The van der Waals surface area contributed by atoms with E-state index >= 15 is 0 Å². The number of hydrogen-bond donors (Lipinski definition) is 4. The standard InChI is InChI=1S/2C10H13N3.H2O4S/c2*11-10(12)13-6-5-8-3-1-2-4-9(8)7-13;1-5(2,3)4/h2*1-4H,5-7H2,(H3,11,12);(H2,1,2,3,4)/p-2. The fourth-order valence-corrected chi connectivity index (χ4v) is 3.40. The predicted molar refractivity (Wildman–Crippen MR) is 115 cm³/mol. The quantitative estimate of drug-likeness (QED) is 0.195. The van der Waals surface area contributed by atoms with Crippen molar-refractivity contribution in [1.29, 1.82) is 10.8 Å². The van der Waals surface area contributed by atoms with Crippen LogP contribution in [0.1, 0.15) is 22.3 Å². The van der Waals surface area contributed by atoms with E-state index in [-0.39, 0.29) is 11.9 Å². The second-order valence-electron chi connectivity index (χ2n) is 7.06. The first-order chi connectivity index (χ1) is 14.5. The highest BCUT2D eigenvalue weighted by molar-refractivity contribution is 7.79. The Morgan fingerprint density at radius 3 is 1.32 bits per heavy atom. The normalized spacial score (nSPS) is 14.6. The van der Waals surface area contributed by atoms with Gasteiger partial charge in [0.25, 0.3) is 0 Å². The molecule has 0 radical (unpaired) electrons. The van der Waals surface area contributed by atoms with E-state index < -0.39 is 10.4 Å². The van der Waals surface area contributed by atoms with Crippen LogP contribution in [0.2, 0.25) is 0 Å². The van der Waals surface area contributed by atoms with E-state index in [2.05, 4.69) is 36.4 Å². The van der Waals surface area contributed by atoms with Crippen molar-refractivity contribution in [3.05, 3.63) is 70.8 Å². The largest absolute Gasteiger partial charge is 0.759 e. The zero-order valence-electron chi connectivity index (χ0n) is 17.0. The number of rotatable bonds is 0. The Hall–Kier alpha value is -3.15. The molecule has 0 aromatic heterocycles. The smallest absolute Gasteiger partial charge is 0.188 e. The molecule has 0 aliphatic carbocycles. The van der Waals surface area contributed by atoms with Gasteiger partial charge in [-0.1, -0.05) is 48.5 Å². The molecule has 2 aromatic rings. The number of fused-ring (bicyclic) bond motifs is 2. The third kappa shape index (κ3) is 8.24. The van der Waals surface area contributed by atoms with Gasteiger partial charge >= 0.3 is 0 Å². The van der Waals surface area contributed by atoms with Gasteiger partial charge in [-0.15, -0.1) is 0 Å². The molecule has 2 aliphatic heterocycles. The SMILES string of the molecule is N=C(N)N1CCc2ccccc2C1.N=C(N)N1CCc2ccccc2C1.O=S(=O)([O-])[O-]. The minimum absolute atomic E-state index is 0.175. The zero-order chi connectivity index (χ0) is 23.0. The predicted octanol–water partition coefficient (Wildman–Crippen LogP) is 0.538. The van der Waals surface area contributed by atoms with E-state index in [9.17, 15) is 0 Å². The molecule has 0 atom stereocenters. The Bertz CT molecular complexity index is 952. The lowest BCUT2D eigenvalue weighted by atomic mass is 10.0. The van der Waals surface area contributed by atoms with Crippen molar-refractivity contribution >= 4 is 22.3 Å². The molecule has 2 aromatic carbocycles. The highest BCUT2D eigenvalue weighted by Crippen LogP contribution is 2.18. The van der Waals surface area contributed by atoms with Crippen molar-refractivity contribution in [2.24, 2.45) is 11.5 Å². The third-order valence-corrected chi connectivity index (χ3v) is 4.94. The van der Waals surface area contributed by atoms with Crippen LogP contribution in [0.4, 0.5) is 0 Å². The van der Waals surface area contributed by atoms with Gasteiger partial charge in [0.05, 0.1) is 0 Å². The summed E-state index contributed by atoms with van der Waals surface area (Å²) in [5, 5.41) is 14.7. The molecule has 0 spiro atoms. The van der Waals surface area contributed by atoms with Crippen molar-refractivity contribution in [3.8, 4) is 0 Å². The molecule has 31 heavy (non-hydrogen) atoms. The Morgan fingerprint density at radius 2 is 1.03 bits per heavy atom. The van der Waals surface area contributed by atoms with Crippen LogP contribution in [0.5, 0.6) is 0 Å². The average Bonchev–Trinajstić information content (AvgIpc) is 2.72. The highest BCUT2D eigenvalue weighted by atomic mass is 32.3. The molecule has 4 rings (SSSR count). The molecule has 0 saturated carbocycles. The second kappa shape index (κ2) is 10.8. The summed E-state index contributed by atoms with van der Waals surface area (Å²) < 4.78 is 34.1. The topological polar surface area (TPSA) is 186 Å². The summed E-state index contributed by atoms with van der Waals surface area (Å²) in [6.45, 7) is 3.30. The number of benzene rings is 2. The molecule has 0 bridgehead atoms.